The second kappa shape index (κ2) is 11.0. The molecule has 0 aliphatic heterocycles. The van der Waals surface area contributed by atoms with E-state index >= 15 is 0 Å². The van der Waals surface area contributed by atoms with Gasteiger partial charge in [0.15, 0.2) is 5.75 Å². The van der Waals surface area contributed by atoms with Crippen LogP contribution in [-0.2, 0) is 24.7 Å². The smallest absolute Gasteiger partial charge is 0.213 e. The Balaban J connectivity index is 1.54. The fourth-order valence-corrected chi connectivity index (χ4v) is 3.19. The zero-order chi connectivity index (χ0) is 22.0. The van der Waals surface area contributed by atoms with E-state index in [1.54, 1.807) is 0 Å². The molecule has 4 nitrogen and oxygen atoms in total. The summed E-state index contributed by atoms with van der Waals surface area (Å²) in [6.07, 6.45) is 0. The van der Waals surface area contributed by atoms with Crippen molar-refractivity contribution in [3.05, 3.63) is 125 Å². The molecule has 0 saturated carbocycles. The Morgan fingerprint density at radius 2 is 1.00 bits per heavy atom. The zero-order valence-corrected chi connectivity index (χ0v) is 18.1. The maximum absolute atomic E-state index is 6.20. The van der Waals surface area contributed by atoms with Crippen LogP contribution in [0.3, 0.4) is 0 Å². The van der Waals surface area contributed by atoms with Gasteiger partial charge in [0.25, 0.3) is 0 Å². The van der Waals surface area contributed by atoms with Gasteiger partial charge in [0.05, 0.1) is 0 Å². The van der Waals surface area contributed by atoms with Crippen molar-refractivity contribution in [2.24, 2.45) is 0 Å². The summed E-state index contributed by atoms with van der Waals surface area (Å²) in [6.45, 7) is 3.10. The van der Waals surface area contributed by atoms with Crippen LogP contribution in [0.5, 0.6) is 17.2 Å². The summed E-state index contributed by atoms with van der Waals surface area (Å²) in [6, 6.07) is 33.8. The summed E-state index contributed by atoms with van der Waals surface area (Å²) in [4.78, 5) is 11.3. The normalized spacial score (nSPS) is 10.5. The van der Waals surface area contributed by atoms with Crippen LogP contribution in [-0.4, -0.2) is 0 Å². The molecule has 0 bridgehead atoms. The van der Waals surface area contributed by atoms with E-state index in [-0.39, 0.29) is 0 Å². The molecule has 4 rings (SSSR count). The zero-order valence-electron chi connectivity index (χ0n) is 18.1. The van der Waals surface area contributed by atoms with Crippen molar-refractivity contribution in [1.29, 1.82) is 0 Å². The summed E-state index contributed by atoms with van der Waals surface area (Å²) in [5.74, 6) is 1.65. The number of benzene rings is 4. The summed E-state index contributed by atoms with van der Waals surface area (Å²) in [7, 11) is 0. The van der Waals surface area contributed by atoms with Crippen molar-refractivity contribution in [3.8, 4) is 17.2 Å². The molecule has 0 aliphatic carbocycles. The minimum absolute atomic E-state index is 0.327. The Hall–Kier alpha value is -3.76. The molecule has 4 heteroatoms. The molecular weight excluding hydrogens is 400 g/mol. The summed E-state index contributed by atoms with van der Waals surface area (Å²) in [5.41, 5.74) is 4.05. The first-order valence-corrected chi connectivity index (χ1v) is 10.6. The molecule has 0 atom stereocenters. The van der Waals surface area contributed by atoms with Crippen LogP contribution in [0, 0.1) is 6.92 Å². The van der Waals surface area contributed by atoms with Crippen LogP contribution in [0.15, 0.2) is 103 Å². The van der Waals surface area contributed by atoms with Crippen LogP contribution in [0.2, 0.25) is 0 Å². The maximum atomic E-state index is 6.20. The molecule has 0 radical (unpaired) electrons. The molecular formula is C28H26O4. The third-order valence-corrected chi connectivity index (χ3v) is 4.95. The van der Waals surface area contributed by atoms with E-state index in [0.717, 1.165) is 22.3 Å². The second-order valence-electron chi connectivity index (χ2n) is 7.42. The van der Waals surface area contributed by atoms with Crippen molar-refractivity contribution >= 4 is 0 Å². The number of ether oxygens (including phenoxy) is 2. The largest absolute Gasteiger partial charge is 0.485 e. The number of hydrogen-bond donors (Lipinski definition) is 0. The van der Waals surface area contributed by atoms with Gasteiger partial charge in [0.1, 0.15) is 19.8 Å². The molecule has 0 aromatic heterocycles. The molecule has 0 aliphatic rings. The molecule has 0 amide bonds. The van der Waals surface area contributed by atoms with E-state index in [4.69, 9.17) is 19.2 Å². The highest BCUT2D eigenvalue weighted by atomic mass is 17.2. The van der Waals surface area contributed by atoms with Gasteiger partial charge in [-0.1, -0.05) is 97.1 Å². The van der Waals surface area contributed by atoms with Crippen molar-refractivity contribution in [2.45, 2.75) is 26.7 Å². The fraction of sp³-hybridized carbons (Fsp3) is 0.143. The van der Waals surface area contributed by atoms with Crippen LogP contribution < -0.4 is 14.4 Å². The standard InChI is InChI=1S/C28H26O4/c1-22-17-18-26(29-19-23-11-5-2-6-12-23)28(30-20-24-13-7-3-8-14-24)27(22)32-31-21-25-15-9-4-10-16-25/h2-18H,19-21H2,1H3. The van der Waals surface area contributed by atoms with Gasteiger partial charge in [0, 0.05) is 0 Å². The average Bonchev–Trinajstić information content (AvgIpc) is 2.85. The van der Waals surface area contributed by atoms with Crippen molar-refractivity contribution in [1.82, 2.24) is 0 Å². The Kier molecular flexibility index (Phi) is 7.40. The SMILES string of the molecule is Cc1ccc(OCc2ccccc2)c(OCc2ccccc2)c1OOCc1ccccc1. The third kappa shape index (κ3) is 5.90. The van der Waals surface area contributed by atoms with Gasteiger partial charge in [-0.2, -0.15) is 4.89 Å². The topological polar surface area (TPSA) is 36.9 Å². The number of rotatable bonds is 10. The van der Waals surface area contributed by atoms with Crippen LogP contribution >= 0.6 is 0 Å². The lowest BCUT2D eigenvalue weighted by atomic mass is 10.2. The predicted octanol–water partition coefficient (Wildman–Crippen LogP) is 6.66. The van der Waals surface area contributed by atoms with Gasteiger partial charge in [-0.05, 0) is 35.2 Å². The van der Waals surface area contributed by atoms with Crippen LogP contribution in [0.1, 0.15) is 22.3 Å². The Labute approximate surface area is 188 Å². The molecule has 0 saturated heterocycles. The quantitative estimate of drug-likeness (QED) is 0.210. The van der Waals surface area contributed by atoms with Gasteiger partial charge in [0.2, 0.25) is 11.5 Å². The van der Waals surface area contributed by atoms with Crippen molar-refractivity contribution in [3.63, 3.8) is 0 Å². The lowest BCUT2D eigenvalue weighted by Gasteiger charge is -2.18. The number of hydrogen-bond acceptors (Lipinski definition) is 4. The van der Waals surface area contributed by atoms with Crippen molar-refractivity contribution < 1.29 is 19.2 Å². The Morgan fingerprint density at radius 3 is 1.56 bits per heavy atom. The predicted molar refractivity (Wildman–Crippen MR) is 125 cm³/mol. The molecule has 4 aromatic carbocycles. The van der Waals surface area contributed by atoms with E-state index in [9.17, 15) is 0 Å². The molecule has 0 heterocycles. The molecule has 162 valence electrons. The van der Waals surface area contributed by atoms with E-state index in [2.05, 4.69) is 0 Å². The first-order chi connectivity index (χ1) is 15.8. The maximum Gasteiger partial charge on any atom is 0.213 e. The highest BCUT2D eigenvalue weighted by Gasteiger charge is 2.18. The van der Waals surface area contributed by atoms with Gasteiger partial charge < -0.3 is 14.4 Å². The molecule has 4 aromatic rings. The van der Waals surface area contributed by atoms with E-state index in [0.29, 0.717) is 37.1 Å². The Bertz CT molecular complexity index is 1100. The highest BCUT2D eigenvalue weighted by molar-refractivity contribution is 5.55. The van der Waals surface area contributed by atoms with Gasteiger partial charge in [-0.15, -0.1) is 0 Å². The van der Waals surface area contributed by atoms with Gasteiger partial charge in [-0.3, -0.25) is 0 Å². The highest BCUT2D eigenvalue weighted by Crippen LogP contribution is 2.41. The molecule has 0 spiro atoms. The van der Waals surface area contributed by atoms with Crippen LogP contribution in [0.4, 0.5) is 0 Å². The molecule has 0 unspecified atom stereocenters. The molecule has 0 fully saturated rings. The average molecular weight is 427 g/mol. The number of aryl methyl sites for hydroxylation is 1. The van der Waals surface area contributed by atoms with E-state index in [1.807, 2.05) is 110 Å². The second-order valence-corrected chi connectivity index (χ2v) is 7.42. The van der Waals surface area contributed by atoms with E-state index < -0.39 is 0 Å². The van der Waals surface area contributed by atoms with Gasteiger partial charge in [-0.25, -0.2) is 0 Å². The van der Waals surface area contributed by atoms with E-state index in [1.165, 1.54) is 0 Å². The molecule has 32 heavy (non-hydrogen) atoms. The van der Waals surface area contributed by atoms with Crippen LogP contribution in [0.25, 0.3) is 0 Å². The minimum Gasteiger partial charge on any atom is -0.485 e. The first-order valence-electron chi connectivity index (χ1n) is 10.6. The lowest BCUT2D eigenvalue weighted by molar-refractivity contribution is -0.219. The van der Waals surface area contributed by atoms with Gasteiger partial charge >= 0.3 is 0 Å². The third-order valence-electron chi connectivity index (χ3n) is 4.95. The van der Waals surface area contributed by atoms with Crippen molar-refractivity contribution in [2.75, 3.05) is 0 Å². The summed E-state index contributed by atoms with van der Waals surface area (Å²) in [5, 5.41) is 0. The summed E-state index contributed by atoms with van der Waals surface area (Å²) < 4.78 is 12.3. The first kappa shape index (κ1) is 21.5. The lowest BCUT2D eigenvalue weighted by Crippen LogP contribution is -2.05. The Morgan fingerprint density at radius 1 is 0.500 bits per heavy atom. The summed E-state index contributed by atoms with van der Waals surface area (Å²) >= 11 is 0. The minimum atomic E-state index is 0.327. The monoisotopic (exact) mass is 426 g/mol. The fourth-order valence-electron chi connectivity index (χ4n) is 3.19. The molecule has 0 N–H and O–H groups in total.